The number of thioether (sulfide) groups is 1. The van der Waals surface area contributed by atoms with Crippen LogP contribution in [0.5, 0.6) is 0 Å². The molecule has 27 heavy (non-hydrogen) atoms. The molecule has 6 nitrogen and oxygen atoms in total. The SMILES string of the molecule is CSc1nc2nc(C)c(CC(=O)N[C@@H](C)CCc3ccccc3)c(C)n2n1. The molecule has 1 atom stereocenters. The number of aromatic nitrogens is 4. The van der Waals surface area contributed by atoms with Crippen LogP contribution in [0.2, 0.25) is 0 Å². The summed E-state index contributed by atoms with van der Waals surface area (Å²) in [5.74, 6) is 0.586. The Morgan fingerprint density at radius 2 is 1.96 bits per heavy atom. The molecule has 1 N–H and O–H groups in total. The molecule has 3 aromatic rings. The third-order valence-electron chi connectivity index (χ3n) is 4.67. The number of aryl methyl sites for hydroxylation is 3. The Labute approximate surface area is 163 Å². The first-order valence-corrected chi connectivity index (χ1v) is 10.3. The van der Waals surface area contributed by atoms with E-state index >= 15 is 0 Å². The van der Waals surface area contributed by atoms with E-state index in [-0.39, 0.29) is 11.9 Å². The summed E-state index contributed by atoms with van der Waals surface area (Å²) < 4.78 is 1.72. The second-order valence-electron chi connectivity index (χ2n) is 6.74. The van der Waals surface area contributed by atoms with Crippen molar-refractivity contribution in [3.63, 3.8) is 0 Å². The third-order valence-corrected chi connectivity index (χ3v) is 5.20. The summed E-state index contributed by atoms with van der Waals surface area (Å²) in [4.78, 5) is 21.4. The Balaban J connectivity index is 1.64. The number of carbonyl (C=O) groups excluding carboxylic acids is 1. The summed E-state index contributed by atoms with van der Waals surface area (Å²) in [5.41, 5.74) is 3.94. The predicted molar refractivity (Wildman–Crippen MR) is 108 cm³/mol. The lowest BCUT2D eigenvalue weighted by atomic mass is 10.1. The van der Waals surface area contributed by atoms with Crippen molar-refractivity contribution in [2.75, 3.05) is 6.26 Å². The fourth-order valence-corrected chi connectivity index (χ4v) is 3.45. The fourth-order valence-electron chi connectivity index (χ4n) is 3.12. The minimum atomic E-state index is 0.00752. The average Bonchev–Trinajstić information content (AvgIpc) is 3.07. The van der Waals surface area contributed by atoms with E-state index in [0.717, 1.165) is 29.8 Å². The molecule has 7 heteroatoms. The van der Waals surface area contributed by atoms with E-state index in [1.54, 1.807) is 4.52 Å². The van der Waals surface area contributed by atoms with Crippen LogP contribution in [0.4, 0.5) is 0 Å². The predicted octanol–water partition coefficient (Wildman–Crippen LogP) is 3.14. The lowest BCUT2D eigenvalue weighted by Gasteiger charge is -2.15. The summed E-state index contributed by atoms with van der Waals surface area (Å²) in [6.07, 6.45) is 4.09. The molecular weight excluding hydrogens is 358 g/mol. The topological polar surface area (TPSA) is 72.2 Å². The van der Waals surface area contributed by atoms with E-state index in [1.165, 1.54) is 17.3 Å². The summed E-state index contributed by atoms with van der Waals surface area (Å²) in [7, 11) is 0. The zero-order chi connectivity index (χ0) is 19.4. The van der Waals surface area contributed by atoms with E-state index in [0.29, 0.717) is 17.4 Å². The number of amides is 1. The van der Waals surface area contributed by atoms with Crippen LogP contribution in [0.1, 0.15) is 35.9 Å². The van der Waals surface area contributed by atoms with E-state index < -0.39 is 0 Å². The zero-order valence-corrected chi connectivity index (χ0v) is 17.0. The van der Waals surface area contributed by atoms with Gasteiger partial charge >= 0.3 is 0 Å². The normalized spacial score (nSPS) is 12.3. The van der Waals surface area contributed by atoms with E-state index in [9.17, 15) is 4.79 Å². The fraction of sp³-hybridized carbons (Fsp3) is 0.400. The molecule has 0 radical (unpaired) electrons. The molecule has 2 aromatic heterocycles. The minimum Gasteiger partial charge on any atom is -0.353 e. The molecule has 3 rings (SSSR count). The first-order chi connectivity index (χ1) is 13.0. The smallest absolute Gasteiger partial charge is 0.253 e. The van der Waals surface area contributed by atoms with Crippen LogP contribution < -0.4 is 5.32 Å². The number of nitrogens with zero attached hydrogens (tertiary/aromatic N) is 4. The molecule has 0 spiro atoms. The van der Waals surface area contributed by atoms with Gasteiger partial charge in [0.25, 0.3) is 5.78 Å². The zero-order valence-electron chi connectivity index (χ0n) is 16.2. The summed E-state index contributed by atoms with van der Waals surface area (Å²) >= 11 is 1.48. The number of hydrogen-bond acceptors (Lipinski definition) is 5. The van der Waals surface area contributed by atoms with Gasteiger partial charge in [0.05, 0.1) is 6.42 Å². The van der Waals surface area contributed by atoms with Gasteiger partial charge in [0, 0.05) is 23.0 Å². The van der Waals surface area contributed by atoms with Crippen LogP contribution in [0.3, 0.4) is 0 Å². The molecule has 0 aliphatic heterocycles. The van der Waals surface area contributed by atoms with Gasteiger partial charge in [-0.15, -0.1) is 5.10 Å². The third kappa shape index (κ3) is 4.66. The maximum atomic E-state index is 12.5. The number of fused-ring (bicyclic) bond motifs is 1. The van der Waals surface area contributed by atoms with Crippen molar-refractivity contribution in [3.8, 4) is 0 Å². The van der Waals surface area contributed by atoms with Gasteiger partial charge < -0.3 is 5.32 Å². The van der Waals surface area contributed by atoms with Crippen molar-refractivity contribution in [2.45, 2.75) is 51.2 Å². The molecule has 0 unspecified atom stereocenters. The molecule has 0 saturated carbocycles. The number of carbonyl (C=O) groups is 1. The van der Waals surface area contributed by atoms with Crippen LogP contribution in [-0.4, -0.2) is 37.8 Å². The monoisotopic (exact) mass is 383 g/mol. The van der Waals surface area contributed by atoms with Gasteiger partial charge in [-0.2, -0.15) is 4.98 Å². The molecule has 0 aliphatic carbocycles. The maximum Gasteiger partial charge on any atom is 0.253 e. The van der Waals surface area contributed by atoms with Gasteiger partial charge in [-0.25, -0.2) is 9.50 Å². The summed E-state index contributed by atoms with van der Waals surface area (Å²) in [6, 6.07) is 10.4. The van der Waals surface area contributed by atoms with Crippen LogP contribution in [0, 0.1) is 13.8 Å². The molecule has 0 bridgehead atoms. The van der Waals surface area contributed by atoms with Crippen LogP contribution in [0.25, 0.3) is 5.78 Å². The number of benzene rings is 1. The van der Waals surface area contributed by atoms with Gasteiger partial charge in [-0.05, 0) is 45.4 Å². The summed E-state index contributed by atoms with van der Waals surface area (Å²) in [5, 5.41) is 8.22. The van der Waals surface area contributed by atoms with Crippen LogP contribution in [0.15, 0.2) is 35.5 Å². The van der Waals surface area contributed by atoms with Crippen molar-refractivity contribution in [1.29, 1.82) is 0 Å². The second kappa shape index (κ2) is 8.52. The molecule has 0 fully saturated rings. The Morgan fingerprint density at radius 3 is 2.67 bits per heavy atom. The Morgan fingerprint density at radius 1 is 1.22 bits per heavy atom. The Hall–Kier alpha value is -2.41. The maximum absolute atomic E-state index is 12.5. The van der Waals surface area contributed by atoms with E-state index in [1.807, 2.05) is 45.2 Å². The van der Waals surface area contributed by atoms with Gasteiger partial charge in [0.1, 0.15) is 0 Å². The van der Waals surface area contributed by atoms with Gasteiger partial charge in [-0.1, -0.05) is 42.1 Å². The molecule has 142 valence electrons. The van der Waals surface area contributed by atoms with Gasteiger partial charge in [0.15, 0.2) is 0 Å². The highest BCUT2D eigenvalue weighted by atomic mass is 32.2. The van der Waals surface area contributed by atoms with E-state index in [2.05, 4.69) is 32.5 Å². The number of rotatable bonds is 7. The number of nitrogens with one attached hydrogen (secondary N) is 1. The molecular formula is C20H25N5OS. The first-order valence-electron chi connectivity index (χ1n) is 9.08. The Kier molecular flexibility index (Phi) is 6.11. The van der Waals surface area contributed by atoms with Crippen molar-refractivity contribution in [2.24, 2.45) is 0 Å². The highest BCUT2D eigenvalue weighted by molar-refractivity contribution is 7.98. The largest absolute Gasteiger partial charge is 0.353 e. The average molecular weight is 384 g/mol. The standard InChI is InChI=1S/C20H25N5OS/c1-13(10-11-16-8-6-5-7-9-16)21-18(26)12-17-14(2)22-19-23-20(27-4)24-25(19)15(17)3/h5-9,13H,10-12H2,1-4H3,(H,21,26)/t13-/m0/s1. The summed E-state index contributed by atoms with van der Waals surface area (Å²) in [6.45, 7) is 5.92. The molecule has 0 aliphatic rings. The van der Waals surface area contributed by atoms with Crippen molar-refractivity contribution in [3.05, 3.63) is 52.8 Å². The molecule has 1 aromatic carbocycles. The van der Waals surface area contributed by atoms with Crippen molar-refractivity contribution >= 4 is 23.4 Å². The Bertz CT molecular complexity index is 938. The van der Waals surface area contributed by atoms with Crippen LogP contribution in [-0.2, 0) is 17.6 Å². The van der Waals surface area contributed by atoms with Crippen molar-refractivity contribution in [1.82, 2.24) is 24.9 Å². The van der Waals surface area contributed by atoms with Gasteiger partial charge in [-0.3, -0.25) is 4.79 Å². The van der Waals surface area contributed by atoms with E-state index in [4.69, 9.17) is 0 Å². The quantitative estimate of drug-likeness (QED) is 0.635. The minimum absolute atomic E-state index is 0.00752. The highest BCUT2D eigenvalue weighted by Crippen LogP contribution is 2.17. The first kappa shape index (κ1) is 19.4. The number of hydrogen-bond donors (Lipinski definition) is 1. The second-order valence-corrected chi connectivity index (χ2v) is 7.51. The van der Waals surface area contributed by atoms with Gasteiger partial charge in [0.2, 0.25) is 11.1 Å². The highest BCUT2D eigenvalue weighted by Gasteiger charge is 2.17. The van der Waals surface area contributed by atoms with Crippen molar-refractivity contribution < 1.29 is 4.79 Å². The lowest BCUT2D eigenvalue weighted by Crippen LogP contribution is -2.34. The molecule has 2 heterocycles. The lowest BCUT2D eigenvalue weighted by molar-refractivity contribution is -0.121. The molecule has 1 amide bonds. The molecule has 0 saturated heterocycles. The van der Waals surface area contributed by atoms with Crippen LogP contribution >= 0.6 is 11.8 Å².